The summed E-state index contributed by atoms with van der Waals surface area (Å²) in [6.45, 7) is 4.92. The van der Waals surface area contributed by atoms with E-state index in [1.165, 1.54) is 34.0 Å². The molecule has 0 saturated heterocycles. The summed E-state index contributed by atoms with van der Waals surface area (Å²) in [4.78, 5) is 24.3. The fraction of sp³-hybridized carbons (Fsp3) is 0.409. The van der Waals surface area contributed by atoms with E-state index >= 15 is 0 Å². The van der Waals surface area contributed by atoms with Gasteiger partial charge in [-0.2, -0.15) is 0 Å². The second-order valence-corrected chi connectivity index (χ2v) is 10.4. The number of nitrogens with one attached hydrogen (secondary N) is 1. The monoisotopic (exact) mass is 475 g/mol. The first kappa shape index (κ1) is 22.4. The highest BCUT2D eigenvalue weighted by Gasteiger charge is 2.33. The molecule has 1 aromatic carbocycles. The molecule has 2 aromatic heterocycles. The SMILES string of the molecule is CC[C@@]1(C)Cc2c(sc3nc(SC)nc(SCC(=O)Nc4ccc(OC)cc4)c23)CO1. The zero-order valence-electron chi connectivity index (χ0n) is 18.0. The Morgan fingerprint density at radius 1 is 1.32 bits per heavy atom. The smallest absolute Gasteiger partial charge is 0.234 e. The van der Waals surface area contributed by atoms with Gasteiger partial charge in [-0.25, -0.2) is 9.97 Å². The number of amides is 1. The average Bonchev–Trinajstić information content (AvgIpc) is 3.15. The lowest BCUT2D eigenvalue weighted by Gasteiger charge is -2.33. The molecular weight excluding hydrogens is 450 g/mol. The van der Waals surface area contributed by atoms with Crippen molar-refractivity contribution in [2.45, 2.75) is 49.1 Å². The van der Waals surface area contributed by atoms with E-state index in [0.29, 0.717) is 6.61 Å². The number of carbonyl (C=O) groups excluding carboxylic acids is 1. The Morgan fingerprint density at radius 2 is 2.10 bits per heavy atom. The number of ether oxygens (including phenoxy) is 2. The van der Waals surface area contributed by atoms with E-state index in [1.54, 1.807) is 18.4 Å². The van der Waals surface area contributed by atoms with Gasteiger partial charge in [-0.3, -0.25) is 4.79 Å². The molecule has 0 fully saturated rings. The second-order valence-electron chi connectivity index (χ2n) is 7.53. The zero-order chi connectivity index (χ0) is 22.0. The molecule has 1 atom stereocenters. The van der Waals surface area contributed by atoms with Crippen molar-refractivity contribution in [3.8, 4) is 5.75 Å². The van der Waals surface area contributed by atoms with Gasteiger partial charge in [0.25, 0.3) is 0 Å². The van der Waals surface area contributed by atoms with Crippen molar-refractivity contribution in [3.05, 3.63) is 34.7 Å². The third kappa shape index (κ3) is 4.84. The number of nitrogens with zero attached hydrogens (tertiary/aromatic N) is 2. The van der Waals surface area contributed by atoms with Crippen molar-refractivity contribution < 1.29 is 14.3 Å². The zero-order valence-corrected chi connectivity index (χ0v) is 20.4. The van der Waals surface area contributed by atoms with Gasteiger partial charge in [0, 0.05) is 22.4 Å². The van der Waals surface area contributed by atoms with Gasteiger partial charge in [0.1, 0.15) is 15.6 Å². The molecule has 31 heavy (non-hydrogen) atoms. The number of rotatable bonds is 7. The predicted molar refractivity (Wildman–Crippen MR) is 129 cm³/mol. The Labute approximate surface area is 194 Å². The molecule has 0 saturated carbocycles. The Balaban J connectivity index is 1.57. The van der Waals surface area contributed by atoms with Crippen molar-refractivity contribution in [1.29, 1.82) is 0 Å². The Morgan fingerprint density at radius 3 is 2.77 bits per heavy atom. The summed E-state index contributed by atoms with van der Waals surface area (Å²) in [7, 11) is 1.62. The maximum Gasteiger partial charge on any atom is 0.234 e. The molecule has 1 aliphatic rings. The van der Waals surface area contributed by atoms with Gasteiger partial charge in [0.15, 0.2) is 5.16 Å². The van der Waals surface area contributed by atoms with Crippen molar-refractivity contribution in [2.75, 3.05) is 24.4 Å². The van der Waals surface area contributed by atoms with Crippen LogP contribution in [-0.2, 0) is 22.6 Å². The summed E-state index contributed by atoms with van der Waals surface area (Å²) in [5, 5.41) is 5.62. The molecule has 3 heterocycles. The predicted octanol–water partition coefficient (Wildman–Crippen LogP) is 5.39. The summed E-state index contributed by atoms with van der Waals surface area (Å²) in [6, 6.07) is 7.31. The molecule has 164 valence electrons. The lowest BCUT2D eigenvalue weighted by Crippen LogP contribution is -2.33. The van der Waals surface area contributed by atoms with Gasteiger partial charge in [0.05, 0.1) is 25.1 Å². The number of carbonyl (C=O) groups is 1. The molecule has 0 spiro atoms. The number of benzene rings is 1. The first-order chi connectivity index (χ1) is 14.9. The van der Waals surface area contributed by atoms with Gasteiger partial charge in [0.2, 0.25) is 5.91 Å². The quantitative estimate of drug-likeness (QED) is 0.279. The van der Waals surface area contributed by atoms with Crippen molar-refractivity contribution >= 4 is 56.7 Å². The summed E-state index contributed by atoms with van der Waals surface area (Å²) >= 11 is 4.66. The third-order valence-corrected chi connectivity index (χ3v) is 8.05. The highest BCUT2D eigenvalue weighted by Crippen LogP contribution is 2.43. The molecule has 9 heteroatoms. The largest absolute Gasteiger partial charge is 0.497 e. The van der Waals surface area contributed by atoms with Crippen LogP contribution in [0.25, 0.3) is 10.2 Å². The molecule has 0 unspecified atom stereocenters. The topological polar surface area (TPSA) is 73.3 Å². The number of anilines is 1. The van der Waals surface area contributed by atoms with Crippen LogP contribution in [0.1, 0.15) is 30.7 Å². The summed E-state index contributed by atoms with van der Waals surface area (Å²) in [6.07, 6.45) is 3.75. The minimum Gasteiger partial charge on any atom is -0.497 e. The maximum atomic E-state index is 12.6. The lowest BCUT2D eigenvalue weighted by molar-refractivity contribution is -0.113. The molecule has 6 nitrogen and oxygen atoms in total. The van der Waals surface area contributed by atoms with E-state index in [9.17, 15) is 4.79 Å². The number of hydrogen-bond acceptors (Lipinski definition) is 8. The Hall–Kier alpha value is -1.81. The molecule has 1 N–H and O–H groups in total. The van der Waals surface area contributed by atoms with E-state index in [1.807, 2.05) is 30.5 Å². The first-order valence-corrected chi connectivity index (χ1v) is 13.0. The molecule has 0 bridgehead atoms. The normalized spacial score (nSPS) is 18.1. The maximum absolute atomic E-state index is 12.6. The van der Waals surface area contributed by atoms with Gasteiger partial charge in [-0.05, 0) is 49.4 Å². The Kier molecular flexibility index (Phi) is 6.76. The van der Waals surface area contributed by atoms with Crippen LogP contribution in [0.15, 0.2) is 34.4 Å². The molecule has 0 aliphatic carbocycles. The molecule has 1 amide bonds. The van der Waals surface area contributed by atoms with Crippen LogP contribution in [0.5, 0.6) is 5.75 Å². The van der Waals surface area contributed by atoms with Crippen molar-refractivity contribution in [1.82, 2.24) is 9.97 Å². The standard InChI is InChI=1S/C22H25N3O3S3/c1-5-22(2)10-15-16(11-28-22)31-20-18(15)19(24-21(25-20)29-4)30-12-17(26)23-13-6-8-14(27-3)9-7-13/h6-9H,5,10-12H2,1-4H3,(H,23,26)/t22-/m0/s1. The first-order valence-electron chi connectivity index (χ1n) is 10.0. The van der Waals surface area contributed by atoms with Crippen LogP contribution < -0.4 is 10.1 Å². The van der Waals surface area contributed by atoms with Crippen LogP contribution in [-0.4, -0.2) is 40.6 Å². The number of fused-ring (bicyclic) bond motifs is 3. The third-order valence-electron chi connectivity index (χ3n) is 5.43. The van der Waals surface area contributed by atoms with Gasteiger partial charge < -0.3 is 14.8 Å². The van der Waals surface area contributed by atoms with Crippen molar-refractivity contribution in [2.24, 2.45) is 0 Å². The van der Waals surface area contributed by atoms with E-state index < -0.39 is 0 Å². The van der Waals surface area contributed by atoms with Gasteiger partial charge in [-0.15, -0.1) is 11.3 Å². The lowest BCUT2D eigenvalue weighted by atomic mass is 9.90. The molecule has 0 radical (unpaired) electrons. The number of thioether (sulfide) groups is 2. The van der Waals surface area contributed by atoms with E-state index in [4.69, 9.17) is 19.4 Å². The molecule has 4 rings (SSSR count). The van der Waals surface area contributed by atoms with Crippen LogP contribution in [0.2, 0.25) is 0 Å². The number of thiophene rings is 1. The van der Waals surface area contributed by atoms with E-state index in [-0.39, 0.29) is 17.3 Å². The van der Waals surface area contributed by atoms with Crippen LogP contribution >= 0.6 is 34.9 Å². The van der Waals surface area contributed by atoms with Gasteiger partial charge in [-0.1, -0.05) is 30.4 Å². The highest BCUT2D eigenvalue weighted by molar-refractivity contribution is 8.00. The Bertz CT molecular complexity index is 1100. The second kappa shape index (κ2) is 9.36. The fourth-order valence-electron chi connectivity index (χ4n) is 3.45. The van der Waals surface area contributed by atoms with Crippen LogP contribution in [0.3, 0.4) is 0 Å². The number of methoxy groups -OCH3 is 1. The molecule has 1 aliphatic heterocycles. The summed E-state index contributed by atoms with van der Waals surface area (Å²) in [5.74, 6) is 0.960. The van der Waals surface area contributed by atoms with Crippen LogP contribution in [0.4, 0.5) is 5.69 Å². The van der Waals surface area contributed by atoms with Gasteiger partial charge >= 0.3 is 0 Å². The number of aromatic nitrogens is 2. The van der Waals surface area contributed by atoms with E-state index in [0.717, 1.165) is 44.7 Å². The van der Waals surface area contributed by atoms with Crippen LogP contribution in [0, 0.1) is 0 Å². The van der Waals surface area contributed by atoms with E-state index in [2.05, 4.69) is 19.2 Å². The highest BCUT2D eigenvalue weighted by atomic mass is 32.2. The number of hydrogen-bond donors (Lipinski definition) is 1. The minimum absolute atomic E-state index is 0.0709. The fourth-order valence-corrected chi connectivity index (χ4v) is 5.95. The van der Waals surface area contributed by atoms with Crippen molar-refractivity contribution in [3.63, 3.8) is 0 Å². The minimum atomic E-state index is -0.174. The molecule has 3 aromatic rings. The summed E-state index contributed by atoms with van der Waals surface area (Å²) in [5.41, 5.74) is 1.85. The average molecular weight is 476 g/mol. The summed E-state index contributed by atoms with van der Waals surface area (Å²) < 4.78 is 11.3. The molecular formula is C22H25N3O3S3.